The summed E-state index contributed by atoms with van der Waals surface area (Å²) in [5.74, 6) is 0.740. The number of aryl methyl sites for hydroxylation is 1. The van der Waals surface area contributed by atoms with E-state index in [4.69, 9.17) is 0 Å². The molecular weight excluding hydrogens is 191 g/mol. The summed E-state index contributed by atoms with van der Waals surface area (Å²) in [6.45, 7) is 6.31. The van der Waals surface area contributed by atoms with Gasteiger partial charge in [0.05, 0.1) is 11.0 Å². The Hall–Kier alpha value is -1.38. The Kier molecular flexibility index (Phi) is 2.07. The van der Waals surface area contributed by atoms with E-state index in [0.717, 1.165) is 16.9 Å². The van der Waals surface area contributed by atoms with Crippen LogP contribution in [0.15, 0.2) is 18.2 Å². The van der Waals surface area contributed by atoms with Crippen molar-refractivity contribution >= 4 is 11.0 Å². The minimum atomic E-state index is -0.235. The lowest BCUT2D eigenvalue weighted by Crippen LogP contribution is -2.17. The van der Waals surface area contributed by atoms with Crippen LogP contribution in [0.3, 0.4) is 0 Å². The summed E-state index contributed by atoms with van der Waals surface area (Å²) in [5.41, 5.74) is 1.67. The number of imidazole rings is 1. The molecule has 2 rings (SSSR count). The first-order valence-electron chi connectivity index (χ1n) is 5.02. The van der Waals surface area contributed by atoms with Crippen molar-refractivity contribution in [3.8, 4) is 0 Å². The molecule has 0 amide bonds. The number of nitrogens with zero attached hydrogens (tertiary/aromatic N) is 2. The largest absolute Gasteiger partial charge is 0.331 e. The zero-order valence-corrected chi connectivity index (χ0v) is 9.50. The summed E-state index contributed by atoms with van der Waals surface area (Å²) in [5, 5.41) is 0. The Balaban J connectivity index is 2.75. The van der Waals surface area contributed by atoms with E-state index >= 15 is 0 Å². The van der Waals surface area contributed by atoms with Crippen LogP contribution in [-0.4, -0.2) is 9.55 Å². The van der Waals surface area contributed by atoms with Crippen LogP contribution in [0.25, 0.3) is 11.0 Å². The lowest BCUT2D eigenvalue weighted by atomic mass is 9.96. The van der Waals surface area contributed by atoms with E-state index in [1.165, 1.54) is 12.1 Å². The van der Waals surface area contributed by atoms with Gasteiger partial charge in [-0.3, -0.25) is 0 Å². The van der Waals surface area contributed by atoms with Crippen molar-refractivity contribution in [3.05, 3.63) is 29.8 Å². The molecule has 1 aromatic carbocycles. The van der Waals surface area contributed by atoms with Crippen LogP contribution in [-0.2, 0) is 12.5 Å². The van der Waals surface area contributed by atoms with E-state index in [1.807, 2.05) is 11.6 Å². The molecule has 80 valence electrons. The Morgan fingerprint density at radius 1 is 1.27 bits per heavy atom. The lowest BCUT2D eigenvalue weighted by Gasteiger charge is -2.17. The van der Waals surface area contributed by atoms with E-state index < -0.39 is 0 Å². The molecule has 0 saturated carbocycles. The van der Waals surface area contributed by atoms with Crippen LogP contribution in [0.1, 0.15) is 26.6 Å². The number of hydrogen-bond acceptors (Lipinski definition) is 1. The number of fused-ring (bicyclic) bond motifs is 1. The molecule has 0 aliphatic carbocycles. The maximum absolute atomic E-state index is 13.0. The van der Waals surface area contributed by atoms with Gasteiger partial charge in [0, 0.05) is 18.5 Å². The highest BCUT2D eigenvalue weighted by Gasteiger charge is 2.21. The molecule has 0 atom stereocenters. The number of rotatable bonds is 0. The molecule has 0 bridgehead atoms. The van der Waals surface area contributed by atoms with Gasteiger partial charge >= 0.3 is 0 Å². The Bertz CT molecular complexity index is 506. The fraction of sp³-hybridized carbons (Fsp3) is 0.417. The maximum atomic E-state index is 13.0. The average molecular weight is 206 g/mol. The number of hydrogen-bond donors (Lipinski definition) is 0. The molecule has 1 aromatic heterocycles. The first-order chi connectivity index (χ1) is 6.89. The Morgan fingerprint density at radius 2 is 1.93 bits per heavy atom. The van der Waals surface area contributed by atoms with Gasteiger partial charge < -0.3 is 4.57 Å². The minimum Gasteiger partial charge on any atom is -0.331 e. The second-order valence-corrected chi connectivity index (χ2v) is 4.88. The number of benzene rings is 1. The van der Waals surface area contributed by atoms with Crippen LogP contribution < -0.4 is 0 Å². The van der Waals surface area contributed by atoms with Gasteiger partial charge in [-0.05, 0) is 12.1 Å². The summed E-state index contributed by atoms with van der Waals surface area (Å²) in [6, 6.07) is 4.72. The zero-order chi connectivity index (χ0) is 11.2. The lowest BCUT2D eigenvalue weighted by molar-refractivity contribution is 0.526. The fourth-order valence-electron chi connectivity index (χ4n) is 1.84. The highest BCUT2D eigenvalue weighted by molar-refractivity contribution is 5.76. The van der Waals surface area contributed by atoms with E-state index in [0.29, 0.717) is 0 Å². The van der Waals surface area contributed by atoms with Crippen molar-refractivity contribution in [2.75, 3.05) is 0 Å². The summed E-state index contributed by atoms with van der Waals surface area (Å²) in [4.78, 5) is 4.47. The molecule has 1 heterocycles. The molecule has 0 N–H and O–H groups in total. The molecule has 0 fully saturated rings. The predicted molar refractivity (Wildman–Crippen MR) is 59.4 cm³/mol. The van der Waals surface area contributed by atoms with Gasteiger partial charge in [-0.15, -0.1) is 0 Å². The van der Waals surface area contributed by atoms with Crippen molar-refractivity contribution < 1.29 is 4.39 Å². The molecule has 15 heavy (non-hydrogen) atoms. The Morgan fingerprint density at radius 3 is 2.53 bits per heavy atom. The predicted octanol–water partition coefficient (Wildman–Crippen LogP) is 3.01. The van der Waals surface area contributed by atoms with Crippen LogP contribution in [0, 0.1) is 5.82 Å². The fourth-order valence-corrected chi connectivity index (χ4v) is 1.84. The summed E-state index contributed by atoms with van der Waals surface area (Å²) in [6.07, 6.45) is 0. The molecular formula is C12H15FN2. The summed E-state index contributed by atoms with van der Waals surface area (Å²) < 4.78 is 15.0. The molecule has 0 aliphatic heterocycles. The first kappa shape index (κ1) is 10.1. The smallest absolute Gasteiger partial charge is 0.125 e. The molecule has 0 aliphatic rings. The normalized spacial score (nSPS) is 12.3. The number of aromatic nitrogens is 2. The molecule has 2 nitrogen and oxygen atoms in total. The van der Waals surface area contributed by atoms with Crippen molar-refractivity contribution in [3.63, 3.8) is 0 Å². The highest BCUT2D eigenvalue weighted by atomic mass is 19.1. The van der Waals surface area contributed by atoms with E-state index in [1.54, 1.807) is 6.07 Å². The van der Waals surface area contributed by atoms with E-state index in [2.05, 4.69) is 25.8 Å². The van der Waals surface area contributed by atoms with E-state index in [9.17, 15) is 4.39 Å². The van der Waals surface area contributed by atoms with Crippen LogP contribution in [0.4, 0.5) is 4.39 Å². The second kappa shape index (κ2) is 3.05. The van der Waals surface area contributed by atoms with Crippen molar-refractivity contribution in [1.29, 1.82) is 0 Å². The van der Waals surface area contributed by atoms with Crippen LogP contribution in [0.5, 0.6) is 0 Å². The van der Waals surface area contributed by atoms with Gasteiger partial charge in [0.25, 0.3) is 0 Å². The van der Waals surface area contributed by atoms with Crippen molar-refractivity contribution in [2.45, 2.75) is 26.2 Å². The molecule has 2 aromatic rings. The molecule has 3 heteroatoms. The van der Waals surface area contributed by atoms with Gasteiger partial charge in [-0.2, -0.15) is 0 Å². The quantitative estimate of drug-likeness (QED) is 0.648. The standard InChI is InChI=1S/C12H15FN2/c1-12(2,3)11-14-9-7-8(13)5-6-10(9)15(11)4/h5-7H,1-4H3. The number of halogens is 1. The summed E-state index contributed by atoms with van der Waals surface area (Å²) in [7, 11) is 1.97. The average Bonchev–Trinajstić information content (AvgIpc) is 2.42. The highest BCUT2D eigenvalue weighted by Crippen LogP contribution is 2.25. The third-order valence-electron chi connectivity index (χ3n) is 2.51. The summed E-state index contributed by atoms with van der Waals surface area (Å²) >= 11 is 0. The van der Waals surface area contributed by atoms with Gasteiger partial charge in [0.1, 0.15) is 11.6 Å². The SMILES string of the molecule is Cn1c(C(C)(C)C)nc2cc(F)ccc21. The van der Waals surface area contributed by atoms with Gasteiger partial charge in [0.15, 0.2) is 0 Å². The van der Waals surface area contributed by atoms with Crippen LogP contribution in [0.2, 0.25) is 0 Å². The molecule has 0 radical (unpaired) electrons. The third kappa shape index (κ3) is 1.62. The molecule has 0 unspecified atom stereocenters. The second-order valence-electron chi connectivity index (χ2n) is 4.88. The monoisotopic (exact) mass is 206 g/mol. The third-order valence-corrected chi connectivity index (χ3v) is 2.51. The van der Waals surface area contributed by atoms with Gasteiger partial charge in [0.2, 0.25) is 0 Å². The van der Waals surface area contributed by atoms with Crippen LogP contribution >= 0.6 is 0 Å². The van der Waals surface area contributed by atoms with Gasteiger partial charge in [-0.25, -0.2) is 9.37 Å². The van der Waals surface area contributed by atoms with Gasteiger partial charge in [-0.1, -0.05) is 20.8 Å². The van der Waals surface area contributed by atoms with Crippen molar-refractivity contribution in [1.82, 2.24) is 9.55 Å². The van der Waals surface area contributed by atoms with E-state index in [-0.39, 0.29) is 11.2 Å². The molecule has 0 spiro atoms. The minimum absolute atomic E-state index is 0.0236. The maximum Gasteiger partial charge on any atom is 0.125 e. The van der Waals surface area contributed by atoms with Crippen molar-refractivity contribution in [2.24, 2.45) is 7.05 Å². The topological polar surface area (TPSA) is 17.8 Å². The Labute approximate surface area is 88.7 Å². The zero-order valence-electron chi connectivity index (χ0n) is 9.50. The molecule has 0 saturated heterocycles. The first-order valence-corrected chi connectivity index (χ1v) is 5.02.